The molecule has 132 valence electrons. The van der Waals surface area contributed by atoms with Crippen LogP contribution in [0.25, 0.3) is 11.5 Å². The number of carbonyl (C=O) groups is 1. The van der Waals surface area contributed by atoms with Crippen molar-refractivity contribution in [2.45, 2.75) is 26.0 Å². The van der Waals surface area contributed by atoms with E-state index >= 15 is 0 Å². The SMILES string of the molecule is CC(C)(O)C#Cc1ccc(C(=O)NCc2cc(-c3ccco3)on2)cc1. The van der Waals surface area contributed by atoms with Crippen LogP contribution in [0.3, 0.4) is 0 Å². The van der Waals surface area contributed by atoms with Gasteiger partial charge in [0.05, 0.1) is 12.8 Å². The molecule has 3 rings (SSSR count). The highest BCUT2D eigenvalue weighted by Gasteiger charge is 2.11. The van der Waals surface area contributed by atoms with Gasteiger partial charge in [-0.2, -0.15) is 0 Å². The first-order chi connectivity index (χ1) is 12.4. The highest BCUT2D eigenvalue weighted by Crippen LogP contribution is 2.20. The van der Waals surface area contributed by atoms with Gasteiger partial charge >= 0.3 is 0 Å². The second kappa shape index (κ2) is 7.30. The Morgan fingerprint density at radius 1 is 1.23 bits per heavy atom. The molecule has 0 atom stereocenters. The number of nitrogens with zero attached hydrogens (tertiary/aromatic N) is 1. The Labute approximate surface area is 150 Å². The number of benzene rings is 1. The number of hydrogen-bond acceptors (Lipinski definition) is 5. The van der Waals surface area contributed by atoms with Gasteiger partial charge in [0.2, 0.25) is 5.76 Å². The van der Waals surface area contributed by atoms with Crippen molar-refractivity contribution in [2.75, 3.05) is 0 Å². The van der Waals surface area contributed by atoms with Crippen LogP contribution in [-0.2, 0) is 6.54 Å². The van der Waals surface area contributed by atoms with E-state index in [1.807, 2.05) is 0 Å². The third-order valence-corrected chi connectivity index (χ3v) is 3.41. The van der Waals surface area contributed by atoms with Crippen molar-refractivity contribution in [3.8, 4) is 23.4 Å². The Hall–Kier alpha value is -3.30. The minimum atomic E-state index is -1.05. The van der Waals surface area contributed by atoms with E-state index in [-0.39, 0.29) is 12.5 Å². The van der Waals surface area contributed by atoms with Crippen molar-refractivity contribution >= 4 is 5.91 Å². The molecule has 0 spiro atoms. The van der Waals surface area contributed by atoms with E-state index in [9.17, 15) is 9.90 Å². The predicted molar refractivity (Wildman–Crippen MR) is 95.0 cm³/mol. The molecule has 6 nitrogen and oxygen atoms in total. The molecule has 2 aromatic heterocycles. The largest absolute Gasteiger partial charge is 0.461 e. The first kappa shape index (κ1) is 17.5. The summed E-state index contributed by atoms with van der Waals surface area (Å²) in [6.45, 7) is 3.47. The van der Waals surface area contributed by atoms with Gasteiger partial charge < -0.3 is 19.4 Å². The molecule has 0 saturated heterocycles. The zero-order valence-corrected chi connectivity index (χ0v) is 14.4. The molecule has 2 heterocycles. The van der Waals surface area contributed by atoms with Crippen LogP contribution in [0.1, 0.15) is 35.5 Å². The zero-order chi connectivity index (χ0) is 18.6. The maximum Gasteiger partial charge on any atom is 0.251 e. The number of furan rings is 1. The van der Waals surface area contributed by atoms with E-state index in [4.69, 9.17) is 8.94 Å². The Balaban J connectivity index is 1.59. The Kier molecular flexibility index (Phi) is 4.92. The minimum absolute atomic E-state index is 0.227. The van der Waals surface area contributed by atoms with Crippen molar-refractivity contribution < 1.29 is 18.8 Å². The van der Waals surface area contributed by atoms with E-state index in [1.165, 1.54) is 0 Å². The Morgan fingerprint density at radius 2 is 2.00 bits per heavy atom. The maximum absolute atomic E-state index is 12.2. The van der Waals surface area contributed by atoms with Gasteiger partial charge in [-0.1, -0.05) is 17.0 Å². The molecule has 1 aromatic carbocycles. The lowest BCUT2D eigenvalue weighted by Gasteiger charge is -2.06. The summed E-state index contributed by atoms with van der Waals surface area (Å²) in [4.78, 5) is 12.2. The lowest BCUT2D eigenvalue weighted by atomic mass is 10.1. The molecule has 0 unspecified atom stereocenters. The van der Waals surface area contributed by atoms with E-state index < -0.39 is 5.60 Å². The summed E-state index contributed by atoms with van der Waals surface area (Å²) in [6, 6.07) is 12.1. The van der Waals surface area contributed by atoms with Crippen LogP contribution in [0.2, 0.25) is 0 Å². The van der Waals surface area contributed by atoms with Gasteiger partial charge in [0, 0.05) is 17.2 Å². The second-order valence-corrected chi connectivity index (χ2v) is 6.23. The molecule has 0 radical (unpaired) electrons. The third kappa shape index (κ3) is 4.62. The van der Waals surface area contributed by atoms with Crippen LogP contribution in [-0.4, -0.2) is 21.8 Å². The standard InChI is InChI=1S/C20H18N2O4/c1-20(2,24)10-9-14-5-7-15(8-6-14)19(23)21-13-16-12-18(26-22-16)17-4-3-11-25-17/h3-8,11-12,24H,13H2,1-2H3,(H,21,23). The molecule has 0 bridgehead atoms. The number of hydrogen-bond donors (Lipinski definition) is 2. The number of aromatic nitrogens is 1. The number of rotatable bonds is 4. The van der Waals surface area contributed by atoms with Gasteiger partial charge in [-0.3, -0.25) is 4.79 Å². The van der Waals surface area contributed by atoms with Crippen LogP contribution < -0.4 is 5.32 Å². The van der Waals surface area contributed by atoms with Crippen LogP contribution >= 0.6 is 0 Å². The fraction of sp³-hybridized carbons (Fsp3) is 0.200. The van der Waals surface area contributed by atoms with Crippen LogP contribution in [0.5, 0.6) is 0 Å². The van der Waals surface area contributed by atoms with E-state index in [0.717, 1.165) is 5.56 Å². The van der Waals surface area contributed by atoms with Crippen molar-refractivity contribution in [1.29, 1.82) is 0 Å². The third-order valence-electron chi connectivity index (χ3n) is 3.41. The number of carbonyl (C=O) groups excluding carboxylic acids is 1. The van der Waals surface area contributed by atoms with Crippen molar-refractivity contribution in [1.82, 2.24) is 10.5 Å². The summed E-state index contributed by atoms with van der Waals surface area (Å²) in [5, 5.41) is 16.3. The normalized spacial score (nSPS) is 10.9. The van der Waals surface area contributed by atoms with Gasteiger partial charge in [-0.15, -0.1) is 0 Å². The van der Waals surface area contributed by atoms with Crippen LogP contribution in [0, 0.1) is 11.8 Å². The molecule has 26 heavy (non-hydrogen) atoms. The predicted octanol–water partition coefficient (Wildman–Crippen LogP) is 2.99. The zero-order valence-electron chi connectivity index (χ0n) is 14.4. The average Bonchev–Trinajstić information content (AvgIpc) is 3.29. The number of aliphatic hydroxyl groups is 1. The number of amides is 1. The van der Waals surface area contributed by atoms with Gasteiger partial charge in [-0.25, -0.2) is 0 Å². The van der Waals surface area contributed by atoms with Crippen molar-refractivity contribution in [2.24, 2.45) is 0 Å². The van der Waals surface area contributed by atoms with Crippen molar-refractivity contribution in [3.05, 3.63) is 65.5 Å². The first-order valence-corrected chi connectivity index (χ1v) is 8.04. The van der Waals surface area contributed by atoms with E-state index in [2.05, 4.69) is 22.3 Å². The van der Waals surface area contributed by atoms with E-state index in [0.29, 0.717) is 22.8 Å². The molecule has 6 heteroatoms. The monoisotopic (exact) mass is 350 g/mol. The second-order valence-electron chi connectivity index (χ2n) is 6.23. The average molecular weight is 350 g/mol. The van der Waals surface area contributed by atoms with Gasteiger partial charge in [-0.05, 0) is 50.2 Å². The fourth-order valence-corrected chi connectivity index (χ4v) is 2.13. The van der Waals surface area contributed by atoms with Crippen LogP contribution in [0.4, 0.5) is 0 Å². The molecule has 0 aliphatic rings. The Morgan fingerprint density at radius 3 is 2.65 bits per heavy atom. The van der Waals surface area contributed by atoms with Gasteiger partial charge in [0.25, 0.3) is 5.91 Å². The summed E-state index contributed by atoms with van der Waals surface area (Å²) in [5.41, 5.74) is 0.775. The topological polar surface area (TPSA) is 88.5 Å². The molecule has 0 aliphatic carbocycles. The quantitative estimate of drug-likeness (QED) is 0.706. The molecular weight excluding hydrogens is 332 g/mol. The summed E-state index contributed by atoms with van der Waals surface area (Å²) in [6.07, 6.45) is 1.55. The summed E-state index contributed by atoms with van der Waals surface area (Å²) in [5.74, 6) is 6.45. The van der Waals surface area contributed by atoms with Crippen molar-refractivity contribution in [3.63, 3.8) is 0 Å². The van der Waals surface area contributed by atoms with E-state index in [1.54, 1.807) is 62.6 Å². The summed E-state index contributed by atoms with van der Waals surface area (Å²) >= 11 is 0. The molecular formula is C20H18N2O4. The molecule has 0 aliphatic heterocycles. The minimum Gasteiger partial charge on any atom is -0.461 e. The molecule has 2 N–H and O–H groups in total. The molecule has 0 fully saturated rings. The maximum atomic E-state index is 12.2. The molecule has 0 saturated carbocycles. The smallest absolute Gasteiger partial charge is 0.251 e. The molecule has 1 amide bonds. The summed E-state index contributed by atoms with van der Waals surface area (Å²) in [7, 11) is 0. The fourth-order valence-electron chi connectivity index (χ4n) is 2.13. The first-order valence-electron chi connectivity index (χ1n) is 8.04. The van der Waals surface area contributed by atoms with Crippen LogP contribution in [0.15, 0.2) is 57.7 Å². The van der Waals surface area contributed by atoms with Gasteiger partial charge in [0.15, 0.2) is 5.76 Å². The summed E-state index contributed by atoms with van der Waals surface area (Å²) < 4.78 is 10.4. The lowest BCUT2D eigenvalue weighted by molar-refractivity contribution is 0.0950. The van der Waals surface area contributed by atoms with Gasteiger partial charge in [0.1, 0.15) is 11.3 Å². The highest BCUT2D eigenvalue weighted by molar-refractivity contribution is 5.94. The Bertz CT molecular complexity index is 936. The molecule has 3 aromatic rings. The lowest BCUT2D eigenvalue weighted by Crippen LogP contribution is -2.22. The highest BCUT2D eigenvalue weighted by atomic mass is 16.5. The number of nitrogens with one attached hydrogen (secondary N) is 1.